The van der Waals surface area contributed by atoms with E-state index in [0.717, 1.165) is 0 Å². The lowest BCUT2D eigenvalue weighted by molar-refractivity contribution is -0.139. The molecule has 17 heavy (non-hydrogen) atoms. The van der Waals surface area contributed by atoms with Crippen molar-refractivity contribution in [3.63, 3.8) is 0 Å². The number of hydrogen-bond donors (Lipinski definition) is 3. The van der Waals surface area contributed by atoms with Gasteiger partial charge in [0.25, 0.3) is 0 Å². The van der Waals surface area contributed by atoms with Gasteiger partial charge in [0.1, 0.15) is 6.04 Å². The SMILES string of the molecule is C=CCC(NC(=O)Nc1cnn(C)c1)C(=O)O. The molecule has 7 heteroatoms. The van der Waals surface area contributed by atoms with E-state index < -0.39 is 18.0 Å². The van der Waals surface area contributed by atoms with Gasteiger partial charge >= 0.3 is 12.0 Å². The highest BCUT2D eigenvalue weighted by Gasteiger charge is 2.18. The summed E-state index contributed by atoms with van der Waals surface area (Å²) in [4.78, 5) is 22.2. The quantitative estimate of drug-likeness (QED) is 0.653. The number of carbonyl (C=O) groups is 2. The van der Waals surface area contributed by atoms with Gasteiger partial charge in [-0.2, -0.15) is 5.10 Å². The zero-order valence-corrected chi connectivity index (χ0v) is 9.38. The van der Waals surface area contributed by atoms with Gasteiger partial charge in [0.15, 0.2) is 0 Å². The zero-order chi connectivity index (χ0) is 12.8. The molecule has 0 fully saturated rings. The standard InChI is InChI=1S/C10H14N4O3/c1-3-4-8(9(15)16)13-10(17)12-7-5-11-14(2)6-7/h3,5-6,8H,1,4H2,2H3,(H,15,16)(H2,12,13,17). The van der Waals surface area contributed by atoms with Crippen LogP contribution in [0.3, 0.4) is 0 Å². The Hall–Kier alpha value is -2.31. The molecule has 7 nitrogen and oxygen atoms in total. The number of rotatable bonds is 5. The number of carboxylic acids is 1. The van der Waals surface area contributed by atoms with E-state index in [0.29, 0.717) is 5.69 Å². The molecule has 0 aliphatic carbocycles. The van der Waals surface area contributed by atoms with Crippen LogP contribution in [0.15, 0.2) is 25.0 Å². The van der Waals surface area contributed by atoms with Crippen LogP contribution >= 0.6 is 0 Å². The first kappa shape index (κ1) is 12.8. The summed E-state index contributed by atoms with van der Waals surface area (Å²) in [5.41, 5.74) is 0.493. The van der Waals surface area contributed by atoms with Gasteiger partial charge < -0.3 is 15.7 Å². The fourth-order valence-corrected chi connectivity index (χ4v) is 1.20. The fraction of sp³-hybridized carbons (Fsp3) is 0.300. The molecule has 1 unspecified atom stereocenters. The van der Waals surface area contributed by atoms with Crippen molar-refractivity contribution < 1.29 is 14.7 Å². The number of anilines is 1. The molecule has 1 rings (SSSR count). The highest BCUT2D eigenvalue weighted by atomic mass is 16.4. The monoisotopic (exact) mass is 238 g/mol. The average molecular weight is 238 g/mol. The van der Waals surface area contributed by atoms with Gasteiger partial charge in [-0.1, -0.05) is 6.08 Å². The van der Waals surface area contributed by atoms with Crippen LogP contribution in [-0.2, 0) is 11.8 Å². The number of aliphatic carboxylic acids is 1. The van der Waals surface area contributed by atoms with Gasteiger partial charge in [0, 0.05) is 13.2 Å². The molecule has 1 heterocycles. The van der Waals surface area contributed by atoms with Crippen LogP contribution in [-0.4, -0.2) is 32.9 Å². The molecule has 2 amide bonds. The van der Waals surface area contributed by atoms with Crippen LogP contribution in [0, 0.1) is 0 Å². The van der Waals surface area contributed by atoms with E-state index in [1.807, 2.05) is 0 Å². The van der Waals surface area contributed by atoms with E-state index in [2.05, 4.69) is 22.3 Å². The number of hydrogen-bond acceptors (Lipinski definition) is 3. The molecule has 0 aliphatic heterocycles. The van der Waals surface area contributed by atoms with Crippen molar-refractivity contribution in [2.24, 2.45) is 7.05 Å². The Bertz CT molecular complexity index is 427. The number of urea groups is 1. The largest absolute Gasteiger partial charge is 0.480 e. The summed E-state index contributed by atoms with van der Waals surface area (Å²) < 4.78 is 1.52. The van der Waals surface area contributed by atoms with Crippen molar-refractivity contribution in [1.82, 2.24) is 15.1 Å². The van der Waals surface area contributed by atoms with Crippen molar-refractivity contribution in [3.05, 3.63) is 25.0 Å². The molecule has 92 valence electrons. The minimum Gasteiger partial charge on any atom is -0.480 e. The number of carboxylic acid groups (broad SMARTS) is 1. The predicted octanol–water partition coefficient (Wildman–Crippen LogP) is 0.571. The lowest BCUT2D eigenvalue weighted by atomic mass is 10.2. The molecule has 3 N–H and O–H groups in total. The van der Waals surface area contributed by atoms with E-state index in [-0.39, 0.29) is 6.42 Å². The minimum absolute atomic E-state index is 0.162. The summed E-state index contributed by atoms with van der Waals surface area (Å²) in [5, 5.41) is 17.5. The first-order valence-corrected chi connectivity index (χ1v) is 4.92. The van der Waals surface area contributed by atoms with Gasteiger partial charge in [0.2, 0.25) is 0 Å². The molecule has 1 atom stereocenters. The third-order valence-electron chi connectivity index (χ3n) is 1.97. The molecule has 0 saturated carbocycles. The maximum atomic E-state index is 11.5. The summed E-state index contributed by atoms with van der Waals surface area (Å²) in [6.07, 6.45) is 4.66. The predicted molar refractivity (Wildman–Crippen MR) is 61.6 cm³/mol. The summed E-state index contributed by atoms with van der Waals surface area (Å²) in [6, 6.07) is -1.57. The summed E-state index contributed by atoms with van der Waals surface area (Å²) in [7, 11) is 1.71. The van der Waals surface area contributed by atoms with E-state index in [9.17, 15) is 9.59 Å². The van der Waals surface area contributed by atoms with E-state index in [4.69, 9.17) is 5.11 Å². The summed E-state index contributed by atoms with van der Waals surface area (Å²) in [5.74, 6) is -1.11. The van der Waals surface area contributed by atoms with Crippen LogP contribution in [0.25, 0.3) is 0 Å². The highest BCUT2D eigenvalue weighted by molar-refractivity contribution is 5.92. The third kappa shape index (κ3) is 3.98. The minimum atomic E-state index is -1.11. The molecule has 1 aromatic rings. The Morgan fingerprint density at radius 1 is 1.71 bits per heavy atom. The molecule has 0 aliphatic rings. The Morgan fingerprint density at radius 3 is 2.88 bits per heavy atom. The number of nitrogens with one attached hydrogen (secondary N) is 2. The van der Waals surface area contributed by atoms with Crippen LogP contribution in [0.5, 0.6) is 0 Å². The molecular weight excluding hydrogens is 224 g/mol. The van der Waals surface area contributed by atoms with E-state index >= 15 is 0 Å². The van der Waals surface area contributed by atoms with Crippen LogP contribution in [0.1, 0.15) is 6.42 Å². The molecule has 0 saturated heterocycles. The van der Waals surface area contributed by atoms with Crippen molar-refractivity contribution in [3.8, 4) is 0 Å². The normalized spacial score (nSPS) is 11.6. The van der Waals surface area contributed by atoms with E-state index in [1.165, 1.54) is 17.0 Å². The number of aryl methyl sites for hydroxylation is 1. The Labute approximate surface area is 98.1 Å². The second kappa shape index (κ2) is 5.69. The number of amides is 2. The molecule has 0 radical (unpaired) electrons. The number of carbonyl (C=O) groups excluding carboxylic acids is 1. The highest BCUT2D eigenvalue weighted by Crippen LogP contribution is 2.03. The maximum absolute atomic E-state index is 11.5. The summed E-state index contributed by atoms with van der Waals surface area (Å²) >= 11 is 0. The van der Waals surface area contributed by atoms with Gasteiger partial charge in [-0.15, -0.1) is 6.58 Å². The van der Waals surface area contributed by atoms with Crippen molar-refractivity contribution in [2.45, 2.75) is 12.5 Å². The molecule has 0 bridgehead atoms. The van der Waals surface area contributed by atoms with Crippen LogP contribution in [0.4, 0.5) is 10.5 Å². The maximum Gasteiger partial charge on any atom is 0.326 e. The van der Waals surface area contributed by atoms with Crippen molar-refractivity contribution in [2.75, 3.05) is 5.32 Å². The zero-order valence-electron chi connectivity index (χ0n) is 9.38. The number of nitrogens with zero attached hydrogens (tertiary/aromatic N) is 2. The second-order valence-electron chi connectivity index (χ2n) is 3.42. The second-order valence-corrected chi connectivity index (χ2v) is 3.42. The lowest BCUT2D eigenvalue weighted by Crippen LogP contribution is -2.42. The molecule has 0 aromatic carbocycles. The molecular formula is C10H14N4O3. The Kier molecular flexibility index (Phi) is 4.27. The molecule has 0 spiro atoms. The fourth-order valence-electron chi connectivity index (χ4n) is 1.20. The topological polar surface area (TPSA) is 96.3 Å². The molecule has 1 aromatic heterocycles. The average Bonchev–Trinajstić information content (AvgIpc) is 2.63. The number of aromatic nitrogens is 2. The van der Waals surface area contributed by atoms with Gasteiger partial charge in [0.05, 0.1) is 11.9 Å². The Balaban J connectivity index is 2.53. The van der Waals surface area contributed by atoms with Gasteiger partial charge in [-0.25, -0.2) is 9.59 Å². The van der Waals surface area contributed by atoms with Crippen molar-refractivity contribution in [1.29, 1.82) is 0 Å². The van der Waals surface area contributed by atoms with Gasteiger partial charge in [-0.05, 0) is 6.42 Å². The Morgan fingerprint density at radius 2 is 2.41 bits per heavy atom. The van der Waals surface area contributed by atoms with Crippen LogP contribution in [0.2, 0.25) is 0 Å². The van der Waals surface area contributed by atoms with Crippen molar-refractivity contribution >= 4 is 17.7 Å². The first-order valence-electron chi connectivity index (χ1n) is 4.92. The van der Waals surface area contributed by atoms with Crippen LogP contribution < -0.4 is 10.6 Å². The third-order valence-corrected chi connectivity index (χ3v) is 1.97. The van der Waals surface area contributed by atoms with Gasteiger partial charge in [-0.3, -0.25) is 4.68 Å². The van der Waals surface area contributed by atoms with E-state index in [1.54, 1.807) is 13.2 Å². The summed E-state index contributed by atoms with van der Waals surface area (Å²) in [6.45, 7) is 3.43. The smallest absolute Gasteiger partial charge is 0.326 e. The first-order chi connectivity index (χ1) is 8.02. The lowest BCUT2D eigenvalue weighted by Gasteiger charge is -2.12.